The molecule has 1 amide bonds. The van der Waals surface area contributed by atoms with Crippen molar-refractivity contribution in [3.05, 3.63) is 22.4 Å². The van der Waals surface area contributed by atoms with Gasteiger partial charge in [0.05, 0.1) is 19.3 Å². The van der Waals surface area contributed by atoms with Crippen molar-refractivity contribution in [1.82, 2.24) is 5.32 Å². The first-order chi connectivity index (χ1) is 9.72. The number of methoxy groups -OCH3 is 1. The van der Waals surface area contributed by atoms with Gasteiger partial charge in [0.15, 0.2) is 0 Å². The summed E-state index contributed by atoms with van der Waals surface area (Å²) < 4.78 is 10.1. The maximum atomic E-state index is 12.0. The zero-order valence-corrected chi connectivity index (χ0v) is 13.4. The van der Waals surface area contributed by atoms with Gasteiger partial charge in [-0.3, -0.25) is 4.79 Å². The predicted molar refractivity (Wildman–Crippen MR) is 82.0 cm³/mol. The summed E-state index contributed by atoms with van der Waals surface area (Å²) in [7, 11) is 1.61. The number of rotatable bonds is 10. The predicted octanol–water partition coefficient (Wildman–Crippen LogP) is 3.00. The van der Waals surface area contributed by atoms with Gasteiger partial charge in [-0.05, 0) is 17.4 Å². The molecule has 0 aromatic carbocycles. The topological polar surface area (TPSA) is 47.6 Å². The van der Waals surface area contributed by atoms with E-state index < -0.39 is 0 Å². The average molecular weight is 299 g/mol. The zero-order chi connectivity index (χ0) is 14.8. The Morgan fingerprint density at radius 2 is 2.10 bits per heavy atom. The van der Waals surface area contributed by atoms with E-state index in [0.29, 0.717) is 19.1 Å². The molecule has 20 heavy (non-hydrogen) atoms. The highest BCUT2D eigenvalue weighted by Crippen LogP contribution is 2.30. The molecule has 114 valence electrons. The third-order valence-electron chi connectivity index (χ3n) is 3.35. The van der Waals surface area contributed by atoms with Gasteiger partial charge in [0, 0.05) is 12.0 Å². The lowest BCUT2D eigenvalue weighted by Gasteiger charge is -2.25. The Morgan fingerprint density at radius 1 is 1.35 bits per heavy atom. The van der Waals surface area contributed by atoms with Gasteiger partial charge in [0.1, 0.15) is 6.61 Å². The van der Waals surface area contributed by atoms with Crippen LogP contribution in [0.3, 0.4) is 0 Å². The number of carbonyl (C=O) groups is 1. The number of hydrogen-bond acceptors (Lipinski definition) is 4. The highest BCUT2D eigenvalue weighted by Gasteiger charge is 2.23. The van der Waals surface area contributed by atoms with Gasteiger partial charge in [-0.1, -0.05) is 32.8 Å². The van der Waals surface area contributed by atoms with Gasteiger partial charge in [-0.2, -0.15) is 0 Å². The van der Waals surface area contributed by atoms with Gasteiger partial charge >= 0.3 is 0 Å². The van der Waals surface area contributed by atoms with E-state index in [1.807, 2.05) is 11.4 Å². The minimum atomic E-state index is -0.0635. The summed E-state index contributed by atoms with van der Waals surface area (Å²) in [5.41, 5.74) is 0. The third-order valence-corrected chi connectivity index (χ3v) is 4.31. The lowest BCUT2D eigenvalue weighted by atomic mass is 9.93. The molecule has 0 saturated carbocycles. The Morgan fingerprint density at radius 3 is 2.65 bits per heavy atom. The SMILES string of the molecule is CCC(CC)C(NC(=O)COCCOC)c1cccs1. The molecule has 4 nitrogen and oxygen atoms in total. The Balaban J connectivity index is 2.54. The summed E-state index contributed by atoms with van der Waals surface area (Å²) in [5, 5.41) is 5.15. The zero-order valence-electron chi connectivity index (χ0n) is 12.6. The fourth-order valence-electron chi connectivity index (χ4n) is 2.17. The molecule has 1 atom stereocenters. The van der Waals surface area contributed by atoms with Crippen molar-refractivity contribution in [2.45, 2.75) is 32.7 Å². The van der Waals surface area contributed by atoms with E-state index in [2.05, 4.69) is 25.2 Å². The maximum absolute atomic E-state index is 12.0. The first-order valence-corrected chi connectivity index (χ1v) is 8.00. The van der Waals surface area contributed by atoms with E-state index >= 15 is 0 Å². The van der Waals surface area contributed by atoms with E-state index in [1.54, 1.807) is 18.4 Å². The minimum absolute atomic E-state index is 0.0635. The van der Waals surface area contributed by atoms with Crippen molar-refractivity contribution >= 4 is 17.2 Å². The van der Waals surface area contributed by atoms with Gasteiger partial charge in [0.25, 0.3) is 0 Å². The van der Waals surface area contributed by atoms with Crippen LogP contribution in [0, 0.1) is 5.92 Å². The molecule has 1 N–H and O–H groups in total. The smallest absolute Gasteiger partial charge is 0.246 e. The molecular formula is C15H25NO3S. The first-order valence-electron chi connectivity index (χ1n) is 7.12. The van der Waals surface area contributed by atoms with Crippen LogP contribution in [-0.4, -0.2) is 32.8 Å². The van der Waals surface area contributed by atoms with Crippen LogP contribution < -0.4 is 5.32 Å². The number of nitrogens with one attached hydrogen (secondary N) is 1. The molecule has 1 heterocycles. The summed E-state index contributed by atoms with van der Waals surface area (Å²) in [6, 6.07) is 4.19. The lowest BCUT2D eigenvalue weighted by molar-refractivity contribution is -0.127. The molecule has 0 radical (unpaired) electrons. The second-order valence-corrected chi connectivity index (χ2v) is 5.66. The van der Waals surface area contributed by atoms with Crippen LogP contribution in [0.4, 0.5) is 0 Å². The molecule has 0 aliphatic rings. The molecule has 0 bridgehead atoms. The highest BCUT2D eigenvalue weighted by molar-refractivity contribution is 7.10. The van der Waals surface area contributed by atoms with Crippen LogP contribution in [0.5, 0.6) is 0 Å². The van der Waals surface area contributed by atoms with Gasteiger partial charge in [-0.15, -0.1) is 11.3 Å². The summed E-state index contributed by atoms with van der Waals surface area (Å²) in [4.78, 5) is 13.2. The number of hydrogen-bond donors (Lipinski definition) is 1. The third kappa shape index (κ3) is 5.61. The molecule has 0 fully saturated rings. The maximum Gasteiger partial charge on any atom is 0.246 e. The first kappa shape index (κ1) is 17.1. The Kier molecular flexibility index (Phi) is 8.49. The summed E-state index contributed by atoms with van der Waals surface area (Å²) in [5.74, 6) is 0.392. The second-order valence-electron chi connectivity index (χ2n) is 4.68. The largest absolute Gasteiger partial charge is 0.382 e. The molecule has 0 aliphatic carbocycles. The number of amides is 1. The normalized spacial score (nSPS) is 12.6. The number of carbonyl (C=O) groups excluding carboxylic acids is 1. The summed E-state index contributed by atoms with van der Waals surface area (Å²) in [6.07, 6.45) is 2.09. The number of ether oxygens (including phenoxy) is 2. The van der Waals surface area contributed by atoms with Crippen LogP contribution in [0.15, 0.2) is 17.5 Å². The van der Waals surface area contributed by atoms with Crippen LogP contribution in [0.1, 0.15) is 37.6 Å². The van der Waals surface area contributed by atoms with Gasteiger partial charge < -0.3 is 14.8 Å². The molecule has 0 saturated heterocycles. The monoisotopic (exact) mass is 299 g/mol. The van der Waals surface area contributed by atoms with Crippen molar-refractivity contribution in [2.24, 2.45) is 5.92 Å². The van der Waals surface area contributed by atoms with Crippen molar-refractivity contribution < 1.29 is 14.3 Å². The molecule has 0 spiro atoms. The highest BCUT2D eigenvalue weighted by atomic mass is 32.1. The summed E-state index contributed by atoms with van der Waals surface area (Å²) in [6.45, 7) is 5.37. The van der Waals surface area contributed by atoms with Crippen molar-refractivity contribution in [3.63, 3.8) is 0 Å². The fraction of sp³-hybridized carbons (Fsp3) is 0.667. The molecule has 5 heteroatoms. The molecular weight excluding hydrogens is 274 g/mol. The molecule has 1 rings (SSSR count). The molecule has 1 unspecified atom stereocenters. The molecule has 1 aromatic heterocycles. The molecule has 0 aliphatic heterocycles. The Labute approximate surface area is 125 Å². The van der Waals surface area contributed by atoms with Crippen LogP contribution in [0.25, 0.3) is 0 Å². The van der Waals surface area contributed by atoms with E-state index in [1.165, 1.54) is 4.88 Å². The Bertz CT molecular complexity index is 363. The second kappa shape index (κ2) is 9.91. The van der Waals surface area contributed by atoms with Crippen molar-refractivity contribution in [3.8, 4) is 0 Å². The summed E-state index contributed by atoms with van der Waals surface area (Å²) >= 11 is 1.69. The standard InChI is InChI=1S/C15H25NO3S/c1-4-12(5-2)15(13-7-6-10-20-13)16-14(17)11-19-9-8-18-3/h6-7,10,12,15H,4-5,8-9,11H2,1-3H3,(H,16,17). The van der Waals surface area contributed by atoms with Crippen LogP contribution in [-0.2, 0) is 14.3 Å². The van der Waals surface area contributed by atoms with Gasteiger partial charge in [-0.25, -0.2) is 0 Å². The lowest BCUT2D eigenvalue weighted by Crippen LogP contribution is -2.35. The van der Waals surface area contributed by atoms with Crippen molar-refractivity contribution in [2.75, 3.05) is 26.9 Å². The van der Waals surface area contributed by atoms with Crippen molar-refractivity contribution in [1.29, 1.82) is 0 Å². The average Bonchev–Trinajstić information content (AvgIpc) is 2.97. The number of thiophene rings is 1. The quantitative estimate of drug-likeness (QED) is 0.676. The van der Waals surface area contributed by atoms with E-state index in [4.69, 9.17) is 9.47 Å². The minimum Gasteiger partial charge on any atom is -0.382 e. The van der Waals surface area contributed by atoms with E-state index in [9.17, 15) is 4.79 Å². The van der Waals surface area contributed by atoms with E-state index in [-0.39, 0.29) is 18.6 Å². The Hall–Kier alpha value is -0.910. The van der Waals surface area contributed by atoms with E-state index in [0.717, 1.165) is 12.8 Å². The van der Waals surface area contributed by atoms with Crippen LogP contribution >= 0.6 is 11.3 Å². The molecule has 1 aromatic rings. The fourth-order valence-corrected chi connectivity index (χ4v) is 3.04. The van der Waals surface area contributed by atoms with Gasteiger partial charge in [0.2, 0.25) is 5.91 Å². The van der Waals surface area contributed by atoms with Crippen LogP contribution in [0.2, 0.25) is 0 Å².